The SMILES string of the molecule is CC(C)NCc1c2c(nc3ccc(C(C)C)cc13)CCC2. The Labute approximate surface area is 128 Å². The predicted molar refractivity (Wildman–Crippen MR) is 89.8 cm³/mol. The molecule has 3 rings (SSSR count). The van der Waals surface area contributed by atoms with Crippen LogP contribution in [0.2, 0.25) is 0 Å². The number of nitrogens with one attached hydrogen (secondary N) is 1. The Morgan fingerprint density at radius 1 is 1.14 bits per heavy atom. The van der Waals surface area contributed by atoms with E-state index in [0.717, 1.165) is 13.0 Å². The molecule has 0 saturated carbocycles. The molecule has 0 radical (unpaired) electrons. The predicted octanol–water partition coefficient (Wildman–Crippen LogP) is 4.34. The molecule has 1 heterocycles. The summed E-state index contributed by atoms with van der Waals surface area (Å²) in [5, 5.41) is 4.96. The topological polar surface area (TPSA) is 24.9 Å². The number of rotatable bonds is 4. The maximum Gasteiger partial charge on any atom is 0.0708 e. The Bertz CT molecular complexity index is 656. The molecule has 0 aliphatic heterocycles. The van der Waals surface area contributed by atoms with E-state index in [1.54, 1.807) is 0 Å². The minimum Gasteiger partial charge on any atom is -0.310 e. The van der Waals surface area contributed by atoms with Crippen molar-refractivity contribution in [2.45, 2.75) is 65.5 Å². The first-order chi connectivity index (χ1) is 10.1. The van der Waals surface area contributed by atoms with Crippen LogP contribution in [-0.2, 0) is 19.4 Å². The van der Waals surface area contributed by atoms with Crippen molar-refractivity contribution in [2.24, 2.45) is 0 Å². The fraction of sp³-hybridized carbons (Fsp3) is 0.526. The average molecular weight is 282 g/mol. The molecule has 1 aromatic heterocycles. The van der Waals surface area contributed by atoms with E-state index in [2.05, 4.69) is 51.2 Å². The van der Waals surface area contributed by atoms with Gasteiger partial charge in [0.05, 0.1) is 5.52 Å². The van der Waals surface area contributed by atoms with Crippen molar-refractivity contribution in [3.8, 4) is 0 Å². The van der Waals surface area contributed by atoms with Gasteiger partial charge in [-0.2, -0.15) is 0 Å². The van der Waals surface area contributed by atoms with E-state index < -0.39 is 0 Å². The summed E-state index contributed by atoms with van der Waals surface area (Å²) in [6, 6.07) is 7.32. The third-order valence-electron chi connectivity index (χ3n) is 4.51. The lowest BCUT2D eigenvalue weighted by Crippen LogP contribution is -2.23. The van der Waals surface area contributed by atoms with E-state index >= 15 is 0 Å². The zero-order chi connectivity index (χ0) is 15.0. The van der Waals surface area contributed by atoms with Crippen molar-refractivity contribution in [1.82, 2.24) is 10.3 Å². The van der Waals surface area contributed by atoms with Gasteiger partial charge in [0.1, 0.15) is 0 Å². The Kier molecular flexibility index (Phi) is 3.99. The minimum absolute atomic E-state index is 0.513. The quantitative estimate of drug-likeness (QED) is 0.902. The van der Waals surface area contributed by atoms with Crippen molar-refractivity contribution in [3.63, 3.8) is 0 Å². The van der Waals surface area contributed by atoms with Gasteiger partial charge < -0.3 is 5.32 Å². The second-order valence-electron chi connectivity index (χ2n) is 6.84. The van der Waals surface area contributed by atoms with Crippen LogP contribution >= 0.6 is 0 Å². The van der Waals surface area contributed by atoms with Crippen molar-refractivity contribution in [1.29, 1.82) is 0 Å². The zero-order valence-corrected chi connectivity index (χ0v) is 13.7. The van der Waals surface area contributed by atoms with Crippen LogP contribution in [-0.4, -0.2) is 11.0 Å². The van der Waals surface area contributed by atoms with Gasteiger partial charge in [0.25, 0.3) is 0 Å². The molecule has 1 aliphatic rings. The Balaban J connectivity index is 2.16. The second-order valence-corrected chi connectivity index (χ2v) is 6.84. The van der Waals surface area contributed by atoms with Crippen LogP contribution in [0.25, 0.3) is 10.9 Å². The van der Waals surface area contributed by atoms with Gasteiger partial charge in [-0.05, 0) is 54.0 Å². The van der Waals surface area contributed by atoms with Crippen LogP contribution in [0.1, 0.15) is 62.4 Å². The van der Waals surface area contributed by atoms with E-state index in [1.165, 1.54) is 46.1 Å². The van der Waals surface area contributed by atoms with Gasteiger partial charge in [-0.15, -0.1) is 0 Å². The van der Waals surface area contributed by atoms with Gasteiger partial charge in [-0.25, -0.2) is 0 Å². The van der Waals surface area contributed by atoms with Gasteiger partial charge in [-0.3, -0.25) is 4.98 Å². The molecule has 2 heteroatoms. The highest BCUT2D eigenvalue weighted by Gasteiger charge is 2.19. The van der Waals surface area contributed by atoms with Crippen LogP contribution in [0.5, 0.6) is 0 Å². The van der Waals surface area contributed by atoms with Crippen molar-refractivity contribution in [2.75, 3.05) is 0 Å². The maximum atomic E-state index is 4.92. The van der Waals surface area contributed by atoms with Gasteiger partial charge in [0, 0.05) is 23.7 Å². The highest BCUT2D eigenvalue weighted by molar-refractivity contribution is 5.85. The lowest BCUT2D eigenvalue weighted by atomic mass is 9.96. The Morgan fingerprint density at radius 3 is 2.67 bits per heavy atom. The molecular weight excluding hydrogens is 256 g/mol. The molecular formula is C19H26N2. The van der Waals surface area contributed by atoms with Crippen LogP contribution in [0, 0.1) is 0 Å². The van der Waals surface area contributed by atoms with E-state index in [-0.39, 0.29) is 0 Å². The summed E-state index contributed by atoms with van der Waals surface area (Å²) in [4.78, 5) is 4.92. The van der Waals surface area contributed by atoms with Gasteiger partial charge in [0.2, 0.25) is 0 Å². The first kappa shape index (κ1) is 14.5. The number of fused-ring (bicyclic) bond motifs is 2. The zero-order valence-electron chi connectivity index (χ0n) is 13.7. The van der Waals surface area contributed by atoms with Crippen molar-refractivity contribution in [3.05, 3.63) is 40.6 Å². The fourth-order valence-corrected chi connectivity index (χ4v) is 3.24. The number of nitrogens with zero attached hydrogens (tertiary/aromatic N) is 1. The summed E-state index contributed by atoms with van der Waals surface area (Å²) in [6.07, 6.45) is 3.59. The van der Waals surface area contributed by atoms with Crippen LogP contribution in [0.4, 0.5) is 0 Å². The van der Waals surface area contributed by atoms with Gasteiger partial charge in [-0.1, -0.05) is 33.8 Å². The standard InChI is InChI=1S/C19H26N2/c1-12(2)14-8-9-19-16(10-14)17(11-20-13(3)4)15-6-5-7-18(15)21-19/h8-10,12-13,20H,5-7,11H2,1-4H3. The molecule has 0 atom stereocenters. The first-order valence-corrected chi connectivity index (χ1v) is 8.24. The van der Waals surface area contributed by atoms with E-state index in [0.29, 0.717) is 12.0 Å². The summed E-state index contributed by atoms with van der Waals surface area (Å²) in [5.74, 6) is 0.563. The molecule has 0 amide bonds. The summed E-state index contributed by atoms with van der Waals surface area (Å²) in [6.45, 7) is 9.90. The highest BCUT2D eigenvalue weighted by Crippen LogP contribution is 2.31. The lowest BCUT2D eigenvalue weighted by Gasteiger charge is -2.16. The fourth-order valence-electron chi connectivity index (χ4n) is 3.24. The smallest absolute Gasteiger partial charge is 0.0708 e. The van der Waals surface area contributed by atoms with Crippen molar-refractivity contribution >= 4 is 10.9 Å². The molecule has 1 aliphatic carbocycles. The second kappa shape index (κ2) is 5.76. The normalized spacial score (nSPS) is 14.4. The molecule has 0 fully saturated rings. The van der Waals surface area contributed by atoms with Crippen LogP contribution in [0.3, 0.4) is 0 Å². The number of hydrogen-bond acceptors (Lipinski definition) is 2. The molecule has 21 heavy (non-hydrogen) atoms. The first-order valence-electron chi connectivity index (χ1n) is 8.24. The molecule has 112 valence electrons. The Hall–Kier alpha value is -1.41. The van der Waals surface area contributed by atoms with Crippen LogP contribution in [0.15, 0.2) is 18.2 Å². The van der Waals surface area contributed by atoms with E-state index in [1.807, 2.05) is 0 Å². The van der Waals surface area contributed by atoms with Gasteiger partial charge >= 0.3 is 0 Å². The molecule has 0 spiro atoms. The number of benzene rings is 1. The van der Waals surface area contributed by atoms with E-state index in [4.69, 9.17) is 4.98 Å². The summed E-state index contributed by atoms with van der Waals surface area (Å²) >= 11 is 0. The number of pyridine rings is 1. The molecule has 2 nitrogen and oxygen atoms in total. The van der Waals surface area contributed by atoms with E-state index in [9.17, 15) is 0 Å². The minimum atomic E-state index is 0.513. The molecule has 1 N–H and O–H groups in total. The number of hydrogen-bond donors (Lipinski definition) is 1. The largest absolute Gasteiger partial charge is 0.310 e. The molecule has 0 bridgehead atoms. The summed E-state index contributed by atoms with van der Waals surface area (Å²) in [7, 11) is 0. The monoisotopic (exact) mass is 282 g/mol. The number of aromatic nitrogens is 1. The molecule has 1 aromatic carbocycles. The third-order valence-corrected chi connectivity index (χ3v) is 4.51. The summed E-state index contributed by atoms with van der Waals surface area (Å²) < 4.78 is 0. The van der Waals surface area contributed by atoms with Crippen LogP contribution < -0.4 is 5.32 Å². The Morgan fingerprint density at radius 2 is 1.95 bits per heavy atom. The highest BCUT2D eigenvalue weighted by atomic mass is 14.9. The number of aryl methyl sites for hydroxylation is 1. The lowest BCUT2D eigenvalue weighted by molar-refractivity contribution is 0.588. The molecule has 0 unspecified atom stereocenters. The van der Waals surface area contributed by atoms with Crippen molar-refractivity contribution < 1.29 is 0 Å². The molecule has 2 aromatic rings. The molecule has 0 saturated heterocycles. The maximum absolute atomic E-state index is 4.92. The van der Waals surface area contributed by atoms with Gasteiger partial charge in [0.15, 0.2) is 0 Å². The average Bonchev–Trinajstić information content (AvgIpc) is 2.90. The third kappa shape index (κ3) is 2.82. The summed E-state index contributed by atoms with van der Waals surface area (Å²) in [5.41, 5.74) is 6.91.